The molecule has 0 amide bonds. The van der Waals surface area contributed by atoms with Crippen molar-refractivity contribution in [2.24, 2.45) is 10.7 Å². The molecule has 0 atom stereocenters. The number of esters is 1. The van der Waals surface area contributed by atoms with Crippen molar-refractivity contribution >= 4 is 17.8 Å². The molecule has 0 aliphatic rings. The highest BCUT2D eigenvalue weighted by Crippen LogP contribution is 2.34. The second-order valence-corrected chi connectivity index (χ2v) is 7.39. The van der Waals surface area contributed by atoms with E-state index in [1.807, 2.05) is 50.2 Å². The van der Waals surface area contributed by atoms with Crippen LogP contribution in [0.15, 0.2) is 64.1 Å². The minimum Gasteiger partial charge on any atom is -0.465 e. The summed E-state index contributed by atoms with van der Waals surface area (Å²) >= 11 is 0. The second kappa shape index (κ2) is 9.42. The van der Waals surface area contributed by atoms with Crippen molar-refractivity contribution in [2.45, 2.75) is 26.2 Å². The first-order valence-electron chi connectivity index (χ1n) is 9.86. The molecule has 162 valence electrons. The van der Waals surface area contributed by atoms with Crippen molar-refractivity contribution in [3.63, 3.8) is 0 Å². The molecule has 7 nitrogen and oxygen atoms in total. The van der Waals surface area contributed by atoms with Gasteiger partial charge in [0.05, 0.1) is 12.3 Å². The number of nitrogens with two attached hydrogens (primary N) is 1. The summed E-state index contributed by atoms with van der Waals surface area (Å²) in [6.45, 7) is 5.62. The number of benzene rings is 2. The molecule has 3 rings (SSSR count). The van der Waals surface area contributed by atoms with Gasteiger partial charge < -0.3 is 15.0 Å². The van der Waals surface area contributed by atoms with Gasteiger partial charge in [0.25, 0.3) is 0 Å². The molecule has 0 unspecified atom stereocenters. The molecule has 0 aliphatic carbocycles. The van der Waals surface area contributed by atoms with E-state index in [4.69, 9.17) is 15.0 Å². The topological polar surface area (TPSA) is 103 Å². The standard InChI is InChI=1S/C23H25FN4O3/c1-4-30-21(29)14-26-22(25)27-20-13-19(28-31-20)23(2,3)16-10-11-17(18(24)12-16)15-8-6-5-7-9-15/h5-13H,4,14H2,1-3H3,(H3,25,26,27). The maximum absolute atomic E-state index is 14.8. The number of nitrogens with one attached hydrogen (secondary N) is 1. The molecular formula is C23H25FN4O3. The molecule has 0 saturated heterocycles. The van der Waals surface area contributed by atoms with Crippen molar-refractivity contribution in [1.82, 2.24) is 5.16 Å². The average molecular weight is 424 g/mol. The normalized spacial score (nSPS) is 11.9. The van der Waals surface area contributed by atoms with Gasteiger partial charge in [-0.2, -0.15) is 0 Å². The van der Waals surface area contributed by atoms with Crippen LogP contribution in [0.2, 0.25) is 0 Å². The zero-order valence-electron chi connectivity index (χ0n) is 17.7. The van der Waals surface area contributed by atoms with Gasteiger partial charge in [0.15, 0.2) is 5.96 Å². The lowest BCUT2D eigenvalue weighted by molar-refractivity contribution is -0.141. The maximum atomic E-state index is 14.8. The molecule has 0 aliphatic heterocycles. The first kappa shape index (κ1) is 22.0. The lowest BCUT2D eigenvalue weighted by atomic mass is 9.81. The van der Waals surface area contributed by atoms with E-state index in [9.17, 15) is 9.18 Å². The van der Waals surface area contributed by atoms with Gasteiger partial charge in [-0.25, -0.2) is 9.38 Å². The molecule has 0 radical (unpaired) electrons. The van der Waals surface area contributed by atoms with Gasteiger partial charge in [0, 0.05) is 17.0 Å². The Morgan fingerprint density at radius 1 is 1.23 bits per heavy atom. The maximum Gasteiger partial charge on any atom is 0.327 e. The Hall–Kier alpha value is -3.68. The van der Waals surface area contributed by atoms with E-state index in [0.29, 0.717) is 11.3 Å². The highest BCUT2D eigenvalue weighted by atomic mass is 19.1. The van der Waals surface area contributed by atoms with Crippen LogP contribution in [0.25, 0.3) is 11.1 Å². The number of carbonyl (C=O) groups excluding carboxylic acids is 1. The van der Waals surface area contributed by atoms with Crippen LogP contribution >= 0.6 is 0 Å². The molecule has 0 spiro atoms. The molecular weight excluding hydrogens is 399 g/mol. The van der Waals surface area contributed by atoms with E-state index in [0.717, 1.165) is 11.1 Å². The van der Waals surface area contributed by atoms with E-state index in [2.05, 4.69) is 15.5 Å². The van der Waals surface area contributed by atoms with Crippen LogP contribution in [0.3, 0.4) is 0 Å². The van der Waals surface area contributed by atoms with Gasteiger partial charge in [0.1, 0.15) is 12.4 Å². The van der Waals surface area contributed by atoms with Gasteiger partial charge in [-0.3, -0.25) is 10.1 Å². The van der Waals surface area contributed by atoms with Gasteiger partial charge in [0.2, 0.25) is 5.88 Å². The van der Waals surface area contributed by atoms with Crippen LogP contribution in [0.4, 0.5) is 10.3 Å². The summed E-state index contributed by atoms with van der Waals surface area (Å²) in [6.07, 6.45) is 0. The van der Waals surface area contributed by atoms with Crippen molar-refractivity contribution in [3.8, 4) is 11.1 Å². The largest absolute Gasteiger partial charge is 0.465 e. The van der Waals surface area contributed by atoms with Crippen molar-refractivity contribution in [3.05, 3.63) is 71.7 Å². The van der Waals surface area contributed by atoms with Crippen LogP contribution in [0.5, 0.6) is 0 Å². The van der Waals surface area contributed by atoms with Crippen molar-refractivity contribution in [2.75, 3.05) is 18.5 Å². The number of aliphatic imine (C=N–C) groups is 1. The number of hydrogen-bond donors (Lipinski definition) is 2. The minimum atomic E-state index is -0.629. The summed E-state index contributed by atoms with van der Waals surface area (Å²) in [5.41, 5.74) is 7.81. The van der Waals surface area contributed by atoms with Gasteiger partial charge in [-0.05, 0) is 24.1 Å². The Bertz CT molecular complexity index is 1080. The predicted octanol–water partition coefficient (Wildman–Crippen LogP) is 4.10. The fourth-order valence-corrected chi connectivity index (χ4v) is 3.05. The number of rotatable bonds is 7. The van der Waals surface area contributed by atoms with E-state index >= 15 is 0 Å². The Kier molecular flexibility index (Phi) is 6.69. The molecule has 8 heteroatoms. The molecule has 3 aromatic rings. The monoisotopic (exact) mass is 424 g/mol. The fourth-order valence-electron chi connectivity index (χ4n) is 3.05. The smallest absolute Gasteiger partial charge is 0.327 e. The number of ether oxygens (including phenoxy) is 1. The lowest BCUT2D eigenvalue weighted by Crippen LogP contribution is -2.24. The first-order chi connectivity index (χ1) is 14.8. The predicted molar refractivity (Wildman–Crippen MR) is 117 cm³/mol. The summed E-state index contributed by atoms with van der Waals surface area (Å²) in [4.78, 5) is 15.2. The molecule has 2 aromatic carbocycles. The second-order valence-electron chi connectivity index (χ2n) is 7.39. The van der Waals surface area contributed by atoms with Gasteiger partial charge in [-0.1, -0.05) is 61.5 Å². The van der Waals surface area contributed by atoms with Crippen LogP contribution in [0, 0.1) is 5.82 Å². The van der Waals surface area contributed by atoms with Crippen molar-refractivity contribution in [1.29, 1.82) is 0 Å². The third-order valence-corrected chi connectivity index (χ3v) is 4.86. The number of aromatic nitrogens is 1. The number of anilines is 1. The Labute approximate surface area is 180 Å². The van der Waals surface area contributed by atoms with Crippen LogP contribution < -0.4 is 11.1 Å². The quantitative estimate of drug-likeness (QED) is 0.336. The molecule has 0 fully saturated rings. The van der Waals surface area contributed by atoms with Gasteiger partial charge in [-0.15, -0.1) is 0 Å². The first-order valence-corrected chi connectivity index (χ1v) is 9.86. The highest BCUT2D eigenvalue weighted by Gasteiger charge is 2.28. The number of halogens is 1. The molecule has 0 saturated carbocycles. The van der Waals surface area contributed by atoms with Gasteiger partial charge >= 0.3 is 5.97 Å². The van der Waals surface area contributed by atoms with E-state index in [1.54, 1.807) is 19.1 Å². The number of guanidine groups is 1. The SMILES string of the molecule is CCOC(=O)CN=C(N)Nc1cc(C(C)(C)c2ccc(-c3ccccc3)c(F)c2)no1. The Morgan fingerprint density at radius 3 is 2.65 bits per heavy atom. The Balaban J connectivity index is 1.76. The van der Waals surface area contributed by atoms with E-state index < -0.39 is 11.4 Å². The van der Waals surface area contributed by atoms with Crippen LogP contribution in [-0.2, 0) is 14.9 Å². The Morgan fingerprint density at radius 2 is 1.97 bits per heavy atom. The molecule has 3 N–H and O–H groups in total. The van der Waals surface area contributed by atoms with Crippen LogP contribution in [0.1, 0.15) is 32.0 Å². The molecule has 0 bridgehead atoms. The lowest BCUT2D eigenvalue weighted by Gasteiger charge is -2.23. The van der Waals surface area contributed by atoms with Crippen LogP contribution in [-0.4, -0.2) is 30.2 Å². The summed E-state index contributed by atoms with van der Waals surface area (Å²) in [5.74, 6) is -0.539. The summed E-state index contributed by atoms with van der Waals surface area (Å²) in [7, 11) is 0. The highest BCUT2D eigenvalue weighted by molar-refractivity contribution is 5.92. The minimum absolute atomic E-state index is 0.00758. The number of nitrogens with zero attached hydrogens (tertiary/aromatic N) is 2. The van der Waals surface area contributed by atoms with E-state index in [-0.39, 0.29) is 30.8 Å². The zero-order valence-corrected chi connectivity index (χ0v) is 17.7. The zero-order chi connectivity index (χ0) is 22.4. The third kappa shape index (κ3) is 5.28. The van der Waals surface area contributed by atoms with E-state index in [1.165, 1.54) is 6.07 Å². The average Bonchev–Trinajstić information content (AvgIpc) is 3.22. The third-order valence-electron chi connectivity index (χ3n) is 4.86. The summed E-state index contributed by atoms with van der Waals surface area (Å²) in [6, 6.07) is 16.2. The van der Waals surface area contributed by atoms with Crippen molar-refractivity contribution < 1.29 is 18.4 Å². The molecule has 1 aromatic heterocycles. The molecule has 31 heavy (non-hydrogen) atoms. The summed E-state index contributed by atoms with van der Waals surface area (Å²) < 4.78 is 24.9. The molecule has 1 heterocycles. The number of hydrogen-bond acceptors (Lipinski definition) is 5. The fraction of sp³-hybridized carbons (Fsp3) is 0.261. The summed E-state index contributed by atoms with van der Waals surface area (Å²) in [5, 5.41) is 6.83. The number of carbonyl (C=O) groups is 1.